The van der Waals surface area contributed by atoms with Gasteiger partial charge in [-0.25, -0.2) is 4.98 Å². The minimum absolute atomic E-state index is 0.0315. The lowest BCUT2D eigenvalue weighted by Crippen LogP contribution is -1.93. The van der Waals surface area contributed by atoms with Crippen molar-refractivity contribution in [1.82, 2.24) is 15.2 Å². The molecule has 0 atom stereocenters. The largest absolute Gasteiger partial charge is 0.510 e. The molecule has 0 saturated carbocycles. The number of nitrogens with one attached hydrogen (secondary N) is 1. The summed E-state index contributed by atoms with van der Waals surface area (Å²) in [6, 6.07) is 17.2. The molecule has 0 aliphatic rings. The van der Waals surface area contributed by atoms with Crippen molar-refractivity contribution in [3.05, 3.63) is 59.3 Å². The third-order valence-electron chi connectivity index (χ3n) is 4.00. The lowest BCUT2D eigenvalue weighted by atomic mass is 10.2. The van der Waals surface area contributed by atoms with Crippen LogP contribution in [-0.4, -0.2) is 33.2 Å². The number of hydrogen-bond donors (Lipinski definition) is 2. The van der Waals surface area contributed by atoms with E-state index in [9.17, 15) is 10.4 Å². The van der Waals surface area contributed by atoms with Gasteiger partial charge in [-0.1, -0.05) is 47.4 Å². The van der Waals surface area contributed by atoms with Crippen molar-refractivity contribution in [3.8, 4) is 11.8 Å². The molecule has 150 valence electrons. The van der Waals surface area contributed by atoms with Crippen LogP contribution in [0.25, 0.3) is 15.8 Å². The number of hydrogen-bond acceptors (Lipinski definition) is 10. The molecule has 0 saturated heterocycles. The number of aliphatic hydroxyl groups is 1. The Morgan fingerprint density at radius 1 is 1.17 bits per heavy atom. The smallest absolute Gasteiger partial charge is 0.210 e. The molecule has 0 amide bonds. The highest BCUT2D eigenvalue weighted by atomic mass is 32.2. The summed E-state index contributed by atoms with van der Waals surface area (Å²) < 4.78 is 6.96. The molecular formula is C20H15N5O2S3. The molecular weight excluding hydrogens is 438 g/mol. The number of aliphatic hydroxyl groups excluding tert-OH is 1. The van der Waals surface area contributed by atoms with Gasteiger partial charge in [-0.3, -0.25) is 0 Å². The number of methoxy groups -OCH3 is 1. The summed E-state index contributed by atoms with van der Waals surface area (Å²) in [6.45, 7) is 0. The Bertz CT molecular complexity index is 1230. The van der Waals surface area contributed by atoms with E-state index in [0.717, 1.165) is 15.9 Å². The second-order valence-electron chi connectivity index (χ2n) is 5.91. The van der Waals surface area contributed by atoms with E-state index in [0.29, 0.717) is 20.2 Å². The average Bonchev–Trinajstić information content (AvgIpc) is 3.40. The molecule has 2 N–H and O–H groups in total. The van der Waals surface area contributed by atoms with Gasteiger partial charge in [-0.15, -0.1) is 21.5 Å². The topological polar surface area (TPSA) is 104 Å². The third kappa shape index (κ3) is 4.38. The minimum atomic E-state index is -0.0315. The zero-order valence-corrected chi connectivity index (χ0v) is 18.1. The predicted molar refractivity (Wildman–Crippen MR) is 122 cm³/mol. The average molecular weight is 454 g/mol. The van der Waals surface area contributed by atoms with E-state index in [-0.39, 0.29) is 17.1 Å². The van der Waals surface area contributed by atoms with Crippen LogP contribution >= 0.6 is 34.4 Å². The number of nitriles is 1. The van der Waals surface area contributed by atoms with Gasteiger partial charge in [-0.05, 0) is 24.3 Å². The number of allylic oxidation sites excluding steroid dienone is 1. The van der Waals surface area contributed by atoms with Crippen molar-refractivity contribution < 1.29 is 9.84 Å². The third-order valence-corrected chi connectivity index (χ3v) is 7.03. The number of nitrogens with zero attached hydrogens (tertiary/aromatic N) is 4. The Morgan fingerprint density at radius 2 is 1.97 bits per heavy atom. The fourth-order valence-electron chi connectivity index (χ4n) is 2.60. The van der Waals surface area contributed by atoms with Crippen LogP contribution in [0, 0.1) is 11.3 Å². The van der Waals surface area contributed by atoms with Crippen molar-refractivity contribution in [1.29, 1.82) is 5.26 Å². The molecule has 4 rings (SSSR count). The van der Waals surface area contributed by atoms with E-state index in [1.165, 1.54) is 34.4 Å². The van der Waals surface area contributed by atoms with Crippen LogP contribution in [0.5, 0.6) is 5.75 Å². The maximum Gasteiger partial charge on any atom is 0.210 e. The number of rotatable bonds is 7. The Kier molecular flexibility index (Phi) is 6.13. The molecule has 0 bridgehead atoms. The summed E-state index contributed by atoms with van der Waals surface area (Å²) in [4.78, 5) is 4.45. The first-order valence-electron chi connectivity index (χ1n) is 8.72. The van der Waals surface area contributed by atoms with Crippen molar-refractivity contribution in [3.63, 3.8) is 0 Å². The molecule has 2 aromatic heterocycles. The number of para-hydroxylation sites is 3. The normalized spacial score (nSPS) is 11.7. The number of fused-ring (bicyclic) bond motifs is 1. The lowest BCUT2D eigenvalue weighted by Gasteiger charge is -2.07. The van der Waals surface area contributed by atoms with Gasteiger partial charge in [0.1, 0.15) is 28.2 Å². The molecule has 7 nitrogen and oxygen atoms in total. The van der Waals surface area contributed by atoms with Crippen molar-refractivity contribution >= 4 is 61.0 Å². The SMILES string of the molecule is COc1ccccc1Nc1nnc(SCC(O)=C(C#N)c2nc3ccccc3s2)s1. The molecule has 0 fully saturated rings. The molecule has 10 heteroatoms. The van der Waals surface area contributed by atoms with E-state index >= 15 is 0 Å². The molecule has 2 heterocycles. The van der Waals surface area contributed by atoms with Crippen LogP contribution in [0.3, 0.4) is 0 Å². The van der Waals surface area contributed by atoms with Crippen LogP contribution in [0.15, 0.2) is 58.6 Å². The summed E-state index contributed by atoms with van der Waals surface area (Å²) in [5, 5.41) is 32.6. The predicted octanol–water partition coefficient (Wildman–Crippen LogP) is 5.48. The fourth-order valence-corrected chi connectivity index (χ4v) is 5.22. The Morgan fingerprint density at radius 3 is 2.77 bits per heavy atom. The molecule has 0 aliphatic heterocycles. The second-order valence-corrected chi connectivity index (χ2v) is 9.14. The lowest BCUT2D eigenvalue weighted by molar-refractivity contribution is 0.417. The van der Waals surface area contributed by atoms with E-state index in [1.807, 2.05) is 48.5 Å². The highest BCUT2D eigenvalue weighted by Crippen LogP contribution is 2.33. The van der Waals surface area contributed by atoms with Crippen molar-refractivity contribution in [2.75, 3.05) is 18.2 Å². The monoisotopic (exact) mass is 453 g/mol. The zero-order valence-electron chi connectivity index (χ0n) is 15.7. The molecule has 4 aromatic rings. The maximum absolute atomic E-state index is 10.5. The number of ether oxygens (including phenoxy) is 1. The highest BCUT2D eigenvalue weighted by molar-refractivity contribution is 8.01. The molecule has 30 heavy (non-hydrogen) atoms. The number of thioether (sulfide) groups is 1. The van der Waals surface area contributed by atoms with Gasteiger partial charge in [0.15, 0.2) is 4.34 Å². The van der Waals surface area contributed by atoms with E-state index < -0.39 is 0 Å². The Labute approximate surface area is 184 Å². The summed E-state index contributed by atoms with van der Waals surface area (Å²) in [6.07, 6.45) is 0. The number of aromatic nitrogens is 3. The zero-order chi connectivity index (χ0) is 20.9. The standard InChI is InChI=1S/C20H15N5O2S3/c1-27-16-8-4-2-6-13(16)23-19-24-25-20(30-19)28-11-15(26)12(10-21)18-22-14-7-3-5-9-17(14)29-18/h2-9,26H,11H2,1H3,(H,23,24). The van der Waals surface area contributed by atoms with Crippen LogP contribution in [0.1, 0.15) is 5.01 Å². The molecule has 0 radical (unpaired) electrons. The molecule has 2 aromatic carbocycles. The Balaban J connectivity index is 1.46. The number of anilines is 2. The number of benzene rings is 2. The quantitative estimate of drug-likeness (QED) is 0.215. The molecule has 0 spiro atoms. The van der Waals surface area contributed by atoms with Crippen molar-refractivity contribution in [2.45, 2.75) is 4.34 Å². The van der Waals surface area contributed by atoms with Gasteiger partial charge in [0.05, 0.1) is 28.8 Å². The van der Waals surface area contributed by atoms with Crippen LogP contribution in [0.4, 0.5) is 10.8 Å². The summed E-state index contributed by atoms with van der Waals surface area (Å²) >= 11 is 4.04. The van der Waals surface area contributed by atoms with E-state index in [2.05, 4.69) is 26.6 Å². The first kappa shape index (κ1) is 20.2. The van der Waals surface area contributed by atoms with Crippen molar-refractivity contribution in [2.24, 2.45) is 0 Å². The molecule has 0 unspecified atom stereocenters. The van der Waals surface area contributed by atoms with Gasteiger partial charge in [0.2, 0.25) is 5.13 Å². The van der Waals surface area contributed by atoms with Crippen LogP contribution in [0.2, 0.25) is 0 Å². The minimum Gasteiger partial charge on any atom is -0.510 e. The number of thiazole rings is 1. The van der Waals surface area contributed by atoms with Gasteiger partial charge < -0.3 is 15.2 Å². The van der Waals surface area contributed by atoms with Gasteiger partial charge in [0, 0.05) is 0 Å². The summed E-state index contributed by atoms with van der Waals surface area (Å²) in [5.41, 5.74) is 1.78. The van der Waals surface area contributed by atoms with Crippen LogP contribution in [-0.2, 0) is 0 Å². The maximum atomic E-state index is 10.5. The van der Waals surface area contributed by atoms with Gasteiger partial charge in [-0.2, -0.15) is 5.26 Å². The van der Waals surface area contributed by atoms with Gasteiger partial charge >= 0.3 is 0 Å². The first-order chi connectivity index (χ1) is 14.7. The van der Waals surface area contributed by atoms with Gasteiger partial charge in [0.25, 0.3) is 0 Å². The van der Waals surface area contributed by atoms with Crippen LogP contribution < -0.4 is 10.1 Å². The Hall–Kier alpha value is -3.13. The fraction of sp³-hybridized carbons (Fsp3) is 0.100. The van der Waals surface area contributed by atoms with E-state index in [4.69, 9.17) is 4.74 Å². The van der Waals surface area contributed by atoms with E-state index in [1.54, 1.807) is 7.11 Å². The first-order valence-corrected chi connectivity index (χ1v) is 11.3. The highest BCUT2D eigenvalue weighted by Gasteiger charge is 2.15. The summed E-state index contributed by atoms with van der Waals surface area (Å²) in [5.74, 6) is 0.871. The summed E-state index contributed by atoms with van der Waals surface area (Å²) in [7, 11) is 1.61. The second kappa shape index (κ2) is 9.13. The molecule has 0 aliphatic carbocycles.